The first-order valence-corrected chi connectivity index (χ1v) is 5.59. The third-order valence-electron chi connectivity index (χ3n) is 3.13. The topological polar surface area (TPSA) is 98.3 Å². The van der Waals surface area contributed by atoms with Gasteiger partial charge in [0.2, 0.25) is 0 Å². The van der Waals surface area contributed by atoms with Crippen LogP contribution in [0.2, 0.25) is 0 Å². The van der Waals surface area contributed by atoms with Crippen molar-refractivity contribution in [3.8, 4) is 0 Å². The molecule has 0 spiro atoms. The summed E-state index contributed by atoms with van der Waals surface area (Å²) in [5, 5.41) is 12.5. The van der Waals surface area contributed by atoms with Gasteiger partial charge in [-0.15, -0.1) is 0 Å². The van der Waals surface area contributed by atoms with Crippen LogP contribution in [0.15, 0.2) is 18.2 Å². The number of nitro groups is 1. The van der Waals surface area contributed by atoms with E-state index in [2.05, 4.69) is 0 Å². The zero-order chi connectivity index (χ0) is 15.1. The minimum atomic E-state index is -4.54. The first kappa shape index (κ1) is 14.1. The zero-order valence-corrected chi connectivity index (χ0v) is 10.0. The number of nitrogens with two attached hydrogens (primary N) is 1. The Hall–Kier alpha value is -2.32. The lowest BCUT2D eigenvalue weighted by Crippen LogP contribution is -2.47. The number of anilines is 1. The van der Waals surface area contributed by atoms with Crippen molar-refractivity contribution in [3.05, 3.63) is 33.9 Å². The maximum Gasteiger partial charge on any atom is 0.411 e. The van der Waals surface area contributed by atoms with E-state index in [0.717, 1.165) is 18.2 Å². The van der Waals surface area contributed by atoms with E-state index in [1.54, 1.807) is 0 Å². The zero-order valence-electron chi connectivity index (χ0n) is 10.0. The standard InChI is InChI=1S/C11H10F3N3O3/c12-11(13,14)10(3-4-10)16-9(18)6-1-2-7(15)8(5-6)17(19)20/h1-2,5H,3-4,15H2,(H,16,18). The summed E-state index contributed by atoms with van der Waals surface area (Å²) in [7, 11) is 0. The van der Waals surface area contributed by atoms with Crippen LogP contribution >= 0.6 is 0 Å². The van der Waals surface area contributed by atoms with Crippen molar-refractivity contribution in [1.82, 2.24) is 5.32 Å². The molecule has 0 saturated heterocycles. The fourth-order valence-electron chi connectivity index (χ4n) is 1.74. The predicted octanol–water partition coefficient (Wildman–Crippen LogP) is 2.00. The van der Waals surface area contributed by atoms with E-state index >= 15 is 0 Å². The van der Waals surface area contributed by atoms with Gasteiger partial charge in [-0.2, -0.15) is 13.2 Å². The number of carbonyl (C=O) groups excluding carboxylic acids is 1. The summed E-state index contributed by atoms with van der Waals surface area (Å²) in [5.74, 6) is -1.01. The Morgan fingerprint density at radius 3 is 2.45 bits per heavy atom. The summed E-state index contributed by atoms with van der Waals surface area (Å²) in [6, 6.07) is 3.11. The summed E-state index contributed by atoms with van der Waals surface area (Å²) >= 11 is 0. The Bertz CT molecular complexity index is 582. The lowest BCUT2D eigenvalue weighted by atomic mass is 10.1. The highest BCUT2D eigenvalue weighted by Gasteiger charge is 2.64. The highest BCUT2D eigenvalue weighted by molar-refractivity contribution is 5.96. The van der Waals surface area contributed by atoms with Crippen molar-refractivity contribution in [2.24, 2.45) is 0 Å². The number of alkyl halides is 3. The molecule has 1 aromatic rings. The van der Waals surface area contributed by atoms with Gasteiger partial charge in [-0.3, -0.25) is 14.9 Å². The Labute approximate surface area is 110 Å². The van der Waals surface area contributed by atoms with E-state index < -0.39 is 28.2 Å². The van der Waals surface area contributed by atoms with Gasteiger partial charge in [-0.05, 0) is 25.0 Å². The number of amides is 1. The normalized spacial score (nSPS) is 16.6. The summed E-state index contributed by atoms with van der Waals surface area (Å²) in [5.41, 5.74) is 2.22. The molecule has 1 aromatic carbocycles. The van der Waals surface area contributed by atoms with Crippen molar-refractivity contribution in [2.45, 2.75) is 24.6 Å². The fraction of sp³-hybridized carbons (Fsp3) is 0.364. The number of nitro benzene ring substituents is 1. The van der Waals surface area contributed by atoms with Crippen molar-refractivity contribution < 1.29 is 22.9 Å². The number of nitrogens with zero attached hydrogens (tertiary/aromatic N) is 1. The van der Waals surface area contributed by atoms with Gasteiger partial charge in [0.1, 0.15) is 11.2 Å². The van der Waals surface area contributed by atoms with E-state index in [0.29, 0.717) is 0 Å². The monoisotopic (exact) mass is 289 g/mol. The van der Waals surface area contributed by atoms with E-state index in [1.807, 2.05) is 5.32 Å². The first-order valence-electron chi connectivity index (χ1n) is 5.59. The molecule has 0 bridgehead atoms. The second-order valence-corrected chi connectivity index (χ2v) is 4.56. The number of rotatable bonds is 3. The lowest BCUT2D eigenvalue weighted by Gasteiger charge is -2.20. The molecule has 20 heavy (non-hydrogen) atoms. The van der Waals surface area contributed by atoms with Crippen molar-refractivity contribution in [3.63, 3.8) is 0 Å². The summed E-state index contributed by atoms with van der Waals surface area (Å²) in [6.45, 7) is 0. The lowest BCUT2D eigenvalue weighted by molar-refractivity contribution is -0.383. The van der Waals surface area contributed by atoms with Gasteiger partial charge in [-0.25, -0.2) is 0 Å². The molecule has 108 valence electrons. The molecule has 0 unspecified atom stereocenters. The molecule has 0 aliphatic heterocycles. The largest absolute Gasteiger partial charge is 0.411 e. The molecule has 1 aliphatic rings. The average molecular weight is 289 g/mol. The van der Waals surface area contributed by atoms with Crippen LogP contribution in [0.1, 0.15) is 23.2 Å². The summed E-state index contributed by atoms with van der Waals surface area (Å²) in [6.07, 6.45) is -4.93. The third-order valence-corrected chi connectivity index (χ3v) is 3.13. The van der Waals surface area contributed by atoms with Crippen LogP contribution in [-0.4, -0.2) is 22.5 Å². The second-order valence-electron chi connectivity index (χ2n) is 4.56. The van der Waals surface area contributed by atoms with Gasteiger partial charge in [0.15, 0.2) is 0 Å². The molecule has 1 saturated carbocycles. The molecule has 1 fully saturated rings. The van der Waals surface area contributed by atoms with Gasteiger partial charge in [0, 0.05) is 11.6 Å². The van der Waals surface area contributed by atoms with Crippen LogP contribution in [0.25, 0.3) is 0 Å². The van der Waals surface area contributed by atoms with Crippen LogP contribution in [0, 0.1) is 10.1 Å². The molecule has 3 N–H and O–H groups in total. The van der Waals surface area contributed by atoms with Gasteiger partial charge >= 0.3 is 6.18 Å². The Kier molecular flexibility index (Phi) is 3.07. The maximum absolute atomic E-state index is 12.7. The molecular formula is C11H10F3N3O3. The number of nitrogens with one attached hydrogen (secondary N) is 1. The molecule has 6 nitrogen and oxygen atoms in total. The highest BCUT2D eigenvalue weighted by atomic mass is 19.4. The molecule has 9 heteroatoms. The number of nitrogen functional groups attached to an aromatic ring is 1. The number of carbonyl (C=O) groups is 1. The second kappa shape index (κ2) is 4.36. The number of benzene rings is 1. The quantitative estimate of drug-likeness (QED) is 0.505. The Morgan fingerprint density at radius 2 is 2.00 bits per heavy atom. The van der Waals surface area contributed by atoms with Crippen molar-refractivity contribution >= 4 is 17.3 Å². The molecule has 0 atom stereocenters. The van der Waals surface area contributed by atoms with E-state index in [4.69, 9.17) is 5.73 Å². The van der Waals surface area contributed by atoms with Crippen molar-refractivity contribution in [1.29, 1.82) is 0 Å². The number of halogens is 3. The minimum Gasteiger partial charge on any atom is -0.393 e. The van der Waals surface area contributed by atoms with Crippen LogP contribution in [0.3, 0.4) is 0 Å². The minimum absolute atomic E-state index is 0.163. The van der Waals surface area contributed by atoms with Crippen LogP contribution < -0.4 is 11.1 Å². The SMILES string of the molecule is Nc1ccc(C(=O)NC2(C(F)(F)F)CC2)cc1[N+](=O)[O-]. The fourth-order valence-corrected chi connectivity index (χ4v) is 1.74. The molecule has 1 aliphatic carbocycles. The molecular weight excluding hydrogens is 279 g/mol. The van der Waals surface area contributed by atoms with Gasteiger partial charge in [-0.1, -0.05) is 0 Å². The van der Waals surface area contributed by atoms with E-state index in [9.17, 15) is 28.1 Å². The highest BCUT2D eigenvalue weighted by Crippen LogP contribution is 2.49. The average Bonchev–Trinajstić information content (AvgIpc) is 3.09. The first-order chi connectivity index (χ1) is 9.16. The molecule has 0 aromatic heterocycles. The van der Waals surface area contributed by atoms with Gasteiger partial charge < -0.3 is 11.1 Å². The third kappa shape index (κ3) is 2.38. The van der Waals surface area contributed by atoms with Crippen molar-refractivity contribution in [2.75, 3.05) is 5.73 Å². The van der Waals surface area contributed by atoms with Crippen LogP contribution in [0.4, 0.5) is 24.5 Å². The van der Waals surface area contributed by atoms with Gasteiger partial charge in [0.25, 0.3) is 11.6 Å². The number of hydrogen-bond acceptors (Lipinski definition) is 4. The van der Waals surface area contributed by atoms with Crippen LogP contribution in [0.5, 0.6) is 0 Å². The van der Waals surface area contributed by atoms with Crippen LogP contribution in [-0.2, 0) is 0 Å². The summed E-state index contributed by atoms with van der Waals surface area (Å²) < 4.78 is 38.1. The maximum atomic E-state index is 12.7. The Morgan fingerprint density at radius 1 is 1.40 bits per heavy atom. The molecule has 2 rings (SSSR count). The van der Waals surface area contributed by atoms with E-state index in [-0.39, 0.29) is 24.1 Å². The Balaban J connectivity index is 2.23. The van der Waals surface area contributed by atoms with E-state index in [1.165, 1.54) is 0 Å². The molecule has 1 amide bonds. The molecule has 0 radical (unpaired) electrons. The van der Waals surface area contributed by atoms with Gasteiger partial charge in [0.05, 0.1) is 4.92 Å². The predicted molar refractivity (Wildman–Crippen MR) is 63.0 cm³/mol. The summed E-state index contributed by atoms with van der Waals surface area (Å²) in [4.78, 5) is 21.6. The smallest absolute Gasteiger partial charge is 0.393 e. The number of hydrogen-bond donors (Lipinski definition) is 2. The molecule has 0 heterocycles.